The van der Waals surface area contributed by atoms with E-state index in [1.165, 1.54) is 11.1 Å². The van der Waals surface area contributed by atoms with Crippen LogP contribution in [-0.4, -0.2) is 20.8 Å². The summed E-state index contributed by atoms with van der Waals surface area (Å²) in [5.41, 5.74) is 2.54. The van der Waals surface area contributed by atoms with Crippen molar-refractivity contribution in [2.24, 2.45) is 5.14 Å². The van der Waals surface area contributed by atoms with Crippen molar-refractivity contribution in [3.63, 3.8) is 0 Å². The smallest absolute Gasteiger partial charge is 0.209 e. The number of rotatable bonds is 7. The van der Waals surface area contributed by atoms with Gasteiger partial charge in [-0.2, -0.15) is 0 Å². The van der Waals surface area contributed by atoms with Gasteiger partial charge >= 0.3 is 0 Å². The lowest BCUT2D eigenvalue weighted by Crippen LogP contribution is -2.16. The summed E-state index contributed by atoms with van der Waals surface area (Å²) in [6, 6.07) is 6.07. The van der Waals surface area contributed by atoms with E-state index in [2.05, 4.69) is 26.8 Å². The summed E-state index contributed by atoms with van der Waals surface area (Å²) >= 11 is 0. The Morgan fingerprint density at radius 3 is 2.47 bits per heavy atom. The van der Waals surface area contributed by atoms with Crippen LogP contribution in [0, 0.1) is 6.92 Å². The highest BCUT2D eigenvalue weighted by Crippen LogP contribution is 2.23. The first-order valence-electron chi connectivity index (χ1n) is 6.53. The third kappa shape index (κ3) is 6.07. The molecule has 0 saturated carbocycles. The lowest BCUT2D eigenvalue weighted by Gasteiger charge is -2.12. The molecule has 0 bridgehead atoms. The largest absolute Gasteiger partial charge is 0.494 e. The number of sulfonamides is 1. The Balaban J connectivity index is 2.40. The molecular formula is C14H23NO3S. The molecule has 0 amide bonds. The van der Waals surface area contributed by atoms with Crippen molar-refractivity contribution in [3.8, 4) is 5.75 Å². The van der Waals surface area contributed by atoms with E-state index >= 15 is 0 Å². The molecule has 0 atom stereocenters. The number of nitrogens with two attached hydrogens (primary N) is 1. The third-order valence-corrected chi connectivity index (χ3v) is 3.81. The van der Waals surface area contributed by atoms with E-state index < -0.39 is 10.0 Å². The summed E-state index contributed by atoms with van der Waals surface area (Å²) < 4.78 is 27.1. The van der Waals surface area contributed by atoms with E-state index in [1.807, 2.05) is 12.1 Å². The molecule has 0 aliphatic rings. The molecule has 0 unspecified atom stereocenters. The second kappa shape index (κ2) is 6.91. The van der Waals surface area contributed by atoms with Crippen LogP contribution in [0.25, 0.3) is 0 Å². The van der Waals surface area contributed by atoms with Gasteiger partial charge in [-0.3, -0.25) is 0 Å². The first-order chi connectivity index (χ1) is 8.79. The van der Waals surface area contributed by atoms with Gasteiger partial charge in [-0.15, -0.1) is 0 Å². The molecular weight excluding hydrogens is 262 g/mol. The van der Waals surface area contributed by atoms with Crippen LogP contribution >= 0.6 is 0 Å². The van der Waals surface area contributed by atoms with Gasteiger partial charge in [0, 0.05) is 0 Å². The Morgan fingerprint density at radius 2 is 1.95 bits per heavy atom. The SMILES string of the molecule is Cc1cc(OCCCCS(N)(=O)=O)ccc1C(C)C. The van der Waals surface area contributed by atoms with Gasteiger partial charge in [0.1, 0.15) is 5.75 Å². The second-order valence-electron chi connectivity index (χ2n) is 5.10. The molecule has 0 heterocycles. The number of hydrogen-bond donors (Lipinski definition) is 1. The molecule has 0 saturated heterocycles. The Labute approximate surface area is 116 Å². The van der Waals surface area contributed by atoms with Gasteiger partial charge in [0.05, 0.1) is 12.4 Å². The summed E-state index contributed by atoms with van der Waals surface area (Å²) in [5, 5.41) is 4.93. The van der Waals surface area contributed by atoms with Crippen molar-refractivity contribution in [1.82, 2.24) is 0 Å². The van der Waals surface area contributed by atoms with E-state index in [-0.39, 0.29) is 5.75 Å². The molecule has 0 aliphatic carbocycles. The maximum atomic E-state index is 10.7. The minimum Gasteiger partial charge on any atom is -0.494 e. The molecule has 5 heteroatoms. The van der Waals surface area contributed by atoms with Gasteiger partial charge in [0.15, 0.2) is 0 Å². The fraction of sp³-hybridized carbons (Fsp3) is 0.571. The molecule has 0 fully saturated rings. The topological polar surface area (TPSA) is 69.4 Å². The van der Waals surface area contributed by atoms with Crippen LogP contribution in [-0.2, 0) is 10.0 Å². The van der Waals surface area contributed by atoms with Crippen molar-refractivity contribution < 1.29 is 13.2 Å². The third-order valence-electron chi connectivity index (χ3n) is 2.96. The zero-order valence-electron chi connectivity index (χ0n) is 11.8. The first-order valence-corrected chi connectivity index (χ1v) is 8.25. The molecule has 1 rings (SSSR count). The van der Waals surface area contributed by atoms with Crippen LogP contribution in [0.4, 0.5) is 0 Å². The van der Waals surface area contributed by atoms with Gasteiger partial charge in [-0.25, -0.2) is 13.6 Å². The standard InChI is InChI=1S/C14H23NO3S/c1-11(2)14-7-6-13(10-12(14)3)18-8-4-5-9-19(15,16)17/h6-7,10-11H,4-5,8-9H2,1-3H3,(H2,15,16,17). The molecule has 19 heavy (non-hydrogen) atoms. The lowest BCUT2D eigenvalue weighted by atomic mass is 9.98. The number of hydrogen-bond acceptors (Lipinski definition) is 3. The maximum Gasteiger partial charge on any atom is 0.209 e. The fourth-order valence-electron chi connectivity index (χ4n) is 1.98. The number of aryl methyl sites for hydroxylation is 1. The van der Waals surface area contributed by atoms with E-state index in [9.17, 15) is 8.42 Å². The monoisotopic (exact) mass is 285 g/mol. The van der Waals surface area contributed by atoms with Gasteiger partial charge < -0.3 is 4.74 Å². The molecule has 0 spiro atoms. The molecule has 108 valence electrons. The van der Waals surface area contributed by atoms with E-state index in [1.54, 1.807) is 0 Å². The number of primary sulfonamides is 1. The van der Waals surface area contributed by atoms with Crippen LogP contribution in [0.2, 0.25) is 0 Å². The van der Waals surface area contributed by atoms with Gasteiger partial charge in [0.25, 0.3) is 0 Å². The van der Waals surface area contributed by atoms with Gasteiger partial charge in [-0.05, 0) is 48.9 Å². The average molecular weight is 285 g/mol. The van der Waals surface area contributed by atoms with Crippen molar-refractivity contribution in [2.45, 2.75) is 39.5 Å². The second-order valence-corrected chi connectivity index (χ2v) is 6.83. The fourth-order valence-corrected chi connectivity index (χ4v) is 2.59. The number of benzene rings is 1. The molecule has 0 aliphatic heterocycles. The minimum atomic E-state index is -3.35. The highest BCUT2D eigenvalue weighted by atomic mass is 32.2. The highest BCUT2D eigenvalue weighted by Gasteiger charge is 2.05. The molecule has 1 aromatic carbocycles. The number of ether oxygens (including phenoxy) is 1. The van der Waals surface area contributed by atoms with E-state index in [4.69, 9.17) is 9.88 Å². The van der Waals surface area contributed by atoms with Crippen molar-refractivity contribution >= 4 is 10.0 Å². The maximum absolute atomic E-state index is 10.7. The highest BCUT2D eigenvalue weighted by molar-refractivity contribution is 7.89. The predicted molar refractivity (Wildman–Crippen MR) is 78.0 cm³/mol. The Morgan fingerprint density at radius 1 is 1.26 bits per heavy atom. The zero-order valence-corrected chi connectivity index (χ0v) is 12.7. The van der Waals surface area contributed by atoms with Gasteiger partial charge in [0.2, 0.25) is 10.0 Å². The van der Waals surface area contributed by atoms with E-state index in [0.29, 0.717) is 25.4 Å². The quantitative estimate of drug-likeness (QED) is 0.783. The molecule has 1 aromatic rings. The van der Waals surface area contributed by atoms with Crippen LogP contribution < -0.4 is 9.88 Å². The van der Waals surface area contributed by atoms with E-state index in [0.717, 1.165) is 5.75 Å². The average Bonchev–Trinajstić information content (AvgIpc) is 2.26. The summed E-state index contributed by atoms with van der Waals surface area (Å²) in [4.78, 5) is 0. The van der Waals surface area contributed by atoms with Crippen LogP contribution in [0.1, 0.15) is 43.7 Å². The summed E-state index contributed by atoms with van der Waals surface area (Å²) in [5.74, 6) is 1.35. The minimum absolute atomic E-state index is 0.0156. The Bertz CT molecular complexity index is 509. The van der Waals surface area contributed by atoms with Crippen LogP contribution in [0.5, 0.6) is 5.75 Å². The zero-order chi connectivity index (χ0) is 14.5. The van der Waals surface area contributed by atoms with Crippen LogP contribution in [0.15, 0.2) is 18.2 Å². The molecule has 0 aromatic heterocycles. The first kappa shape index (κ1) is 16.0. The summed E-state index contributed by atoms with van der Waals surface area (Å²) in [7, 11) is -3.35. The normalized spacial score (nSPS) is 11.8. The molecule has 2 N–H and O–H groups in total. The Kier molecular flexibility index (Phi) is 5.82. The summed E-state index contributed by atoms with van der Waals surface area (Å²) in [6.07, 6.45) is 1.21. The Hall–Kier alpha value is -1.07. The lowest BCUT2D eigenvalue weighted by molar-refractivity contribution is 0.309. The molecule has 4 nitrogen and oxygen atoms in total. The van der Waals surface area contributed by atoms with Gasteiger partial charge in [-0.1, -0.05) is 19.9 Å². The van der Waals surface area contributed by atoms with Crippen molar-refractivity contribution in [2.75, 3.05) is 12.4 Å². The summed E-state index contributed by atoms with van der Waals surface area (Å²) in [6.45, 7) is 6.91. The molecule has 0 radical (unpaired) electrons. The van der Waals surface area contributed by atoms with Crippen LogP contribution in [0.3, 0.4) is 0 Å². The predicted octanol–water partition coefficient (Wildman–Crippen LogP) is 2.57. The number of unbranched alkanes of at least 4 members (excludes halogenated alkanes) is 1. The van der Waals surface area contributed by atoms with Crippen molar-refractivity contribution in [1.29, 1.82) is 0 Å². The van der Waals surface area contributed by atoms with Crippen molar-refractivity contribution in [3.05, 3.63) is 29.3 Å².